The molecule has 1 fully saturated rings. The van der Waals surface area contributed by atoms with Gasteiger partial charge in [0.1, 0.15) is 18.1 Å². The van der Waals surface area contributed by atoms with Crippen LogP contribution in [-0.4, -0.2) is 64.4 Å². The molecular weight excluding hydrogens is 328 g/mol. The number of hydrogen-bond donors (Lipinski definition) is 4. The smallest absolute Gasteiger partial charge is 0.326 e. The molecule has 0 aromatic heterocycles. The van der Waals surface area contributed by atoms with Crippen molar-refractivity contribution < 1.29 is 24.3 Å². The third-order valence-electron chi connectivity index (χ3n) is 4.32. The standard InChI is InChI=1S/C16H28N4O5/c1-8(2)12(17)14(22)18-9(3)13(21)19-10(4)15(23)20-7-5-6-11(20)16(24)25/h8-12H,5-7,17H2,1-4H3,(H,18,22)(H,19,21)(H,24,25)/t9-,10-,11-,12-/m0/s1. The van der Waals surface area contributed by atoms with Crippen LogP contribution in [0.15, 0.2) is 0 Å². The fourth-order valence-corrected chi connectivity index (χ4v) is 2.61. The number of rotatable bonds is 7. The van der Waals surface area contributed by atoms with Crippen molar-refractivity contribution in [2.45, 2.75) is 64.7 Å². The number of carbonyl (C=O) groups excluding carboxylic acids is 3. The molecule has 0 saturated carbocycles. The average Bonchev–Trinajstić information content (AvgIpc) is 3.02. The van der Waals surface area contributed by atoms with E-state index >= 15 is 0 Å². The Morgan fingerprint density at radius 3 is 2.12 bits per heavy atom. The van der Waals surface area contributed by atoms with Gasteiger partial charge in [0.15, 0.2) is 0 Å². The summed E-state index contributed by atoms with van der Waals surface area (Å²) in [6.45, 7) is 6.93. The van der Waals surface area contributed by atoms with Gasteiger partial charge in [-0.15, -0.1) is 0 Å². The Morgan fingerprint density at radius 1 is 1.04 bits per heavy atom. The van der Waals surface area contributed by atoms with Gasteiger partial charge in [0.2, 0.25) is 17.7 Å². The third kappa shape index (κ3) is 5.42. The second kappa shape index (κ2) is 8.80. The van der Waals surface area contributed by atoms with E-state index in [1.165, 1.54) is 18.7 Å². The van der Waals surface area contributed by atoms with Crippen LogP contribution in [0.1, 0.15) is 40.5 Å². The van der Waals surface area contributed by atoms with Crippen LogP contribution in [0.4, 0.5) is 0 Å². The maximum atomic E-state index is 12.4. The summed E-state index contributed by atoms with van der Waals surface area (Å²) < 4.78 is 0. The molecular formula is C16H28N4O5. The maximum Gasteiger partial charge on any atom is 0.326 e. The molecule has 0 spiro atoms. The molecule has 0 radical (unpaired) electrons. The summed E-state index contributed by atoms with van der Waals surface area (Å²) in [5.41, 5.74) is 5.72. The van der Waals surface area contributed by atoms with Crippen molar-refractivity contribution in [3.63, 3.8) is 0 Å². The summed E-state index contributed by atoms with van der Waals surface area (Å²) in [4.78, 5) is 48.9. The second-order valence-corrected chi connectivity index (χ2v) is 6.76. The SMILES string of the molecule is CC(C)[C@H](N)C(=O)N[C@@H](C)C(=O)N[C@@H](C)C(=O)N1CCC[C@H]1C(=O)O. The first kappa shape index (κ1) is 20.9. The Morgan fingerprint density at radius 2 is 1.60 bits per heavy atom. The number of likely N-dealkylation sites (tertiary alicyclic amines) is 1. The largest absolute Gasteiger partial charge is 0.480 e. The molecule has 0 unspecified atom stereocenters. The number of carbonyl (C=O) groups is 4. The lowest BCUT2D eigenvalue weighted by molar-refractivity contribution is -0.149. The van der Waals surface area contributed by atoms with Crippen LogP contribution < -0.4 is 16.4 Å². The molecule has 1 aliphatic heterocycles. The number of nitrogens with zero attached hydrogens (tertiary/aromatic N) is 1. The summed E-state index contributed by atoms with van der Waals surface area (Å²) in [6.07, 6.45) is 1.02. The molecule has 1 aliphatic rings. The van der Waals surface area contributed by atoms with Crippen molar-refractivity contribution in [2.24, 2.45) is 11.7 Å². The van der Waals surface area contributed by atoms with Crippen LogP contribution in [0.5, 0.6) is 0 Å². The molecule has 1 rings (SSSR count). The Hall–Kier alpha value is -2.16. The summed E-state index contributed by atoms with van der Waals surface area (Å²) in [7, 11) is 0. The molecule has 0 aliphatic carbocycles. The molecule has 1 heterocycles. The van der Waals surface area contributed by atoms with E-state index in [1.807, 2.05) is 0 Å². The first-order chi connectivity index (χ1) is 11.6. The number of nitrogens with two attached hydrogens (primary N) is 1. The van der Waals surface area contributed by atoms with Crippen molar-refractivity contribution in [3.05, 3.63) is 0 Å². The zero-order chi connectivity index (χ0) is 19.3. The van der Waals surface area contributed by atoms with Crippen molar-refractivity contribution in [1.29, 1.82) is 0 Å². The Kier molecular flexibility index (Phi) is 7.35. The number of carboxylic acid groups (broad SMARTS) is 1. The minimum absolute atomic E-state index is 0.0705. The lowest BCUT2D eigenvalue weighted by Gasteiger charge is -2.26. The van der Waals surface area contributed by atoms with Gasteiger partial charge in [-0.05, 0) is 32.6 Å². The van der Waals surface area contributed by atoms with E-state index < -0.39 is 47.9 Å². The van der Waals surface area contributed by atoms with Gasteiger partial charge in [0, 0.05) is 6.54 Å². The zero-order valence-electron chi connectivity index (χ0n) is 15.1. The Balaban J connectivity index is 2.59. The van der Waals surface area contributed by atoms with E-state index in [1.54, 1.807) is 13.8 Å². The lowest BCUT2D eigenvalue weighted by atomic mass is 10.0. The molecule has 9 heteroatoms. The van der Waals surface area contributed by atoms with Crippen molar-refractivity contribution in [2.75, 3.05) is 6.54 Å². The molecule has 1 saturated heterocycles. The first-order valence-corrected chi connectivity index (χ1v) is 8.45. The molecule has 4 atom stereocenters. The first-order valence-electron chi connectivity index (χ1n) is 8.45. The number of carboxylic acids is 1. The number of hydrogen-bond acceptors (Lipinski definition) is 5. The molecule has 0 bridgehead atoms. The Labute approximate surface area is 147 Å². The predicted molar refractivity (Wildman–Crippen MR) is 90.4 cm³/mol. The highest BCUT2D eigenvalue weighted by Crippen LogP contribution is 2.18. The zero-order valence-corrected chi connectivity index (χ0v) is 15.1. The minimum atomic E-state index is -1.05. The van der Waals surface area contributed by atoms with E-state index in [4.69, 9.17) is 10.8 Å². The minimum Gasteiger partial charge on any atom is -0.480 e. The van der Waals surface area contributed by atoms with Crippen molar-refractivity contribution in [3.8, 4) is 0 Å². The van der Waals surface area contributed by atoms with E-state index in [2.05, 4.69) is 10.6 Å². The fourth-order valence-electron chi connectivity index (χ4n) is 2.61. The molecule has 0 aromatic carbocycles. The van der Waals surface area contributed by atoms with Gasteiger partial charge in [-0.3, -0.25) is 14.4 Å². The number of amides is 3. The highest BCUT2D eigenvalue weighted by atomic mass is 16.4. The van der Waals surface area contributed by atoms with Gasteiger partial charge in [0.25, 0.3) is 0 Å². The van der Waals surface area contributed by atoms with Crippen LogP contribution in [0.2, 0.25) is 0 Å². The number of aliphatic carboxylic acids is 1. The van der Waals surface area contributed by atoms with Gasteiger partial charge in [-0.1, -0.05) is 13.8 Å². The van der Waals surface area contributed by atoms with Crippen LogP contribution in [0, 0.1) is 5.92 Å². The topological polar surface area (TPSA) is 142 Å². The predicted octanol–water partition coefficient (Wildman–Crippen LogP) is -0.945. The van der Waals surface area contributed by atoms with Gasteiger partial charge in [-0.2, -0.15) is 0 Å². The van der Waals surface area contributed by atoms with Crippen molar-refractivity contribution in [1.82, 2.24) is 15.5 Å². The summed E-state index contributed by atoms with van der Waals surface area (Å²) in [5, 5.41) is 14.2. The number of nitrogens with one attached hydrogen (secondary N) is 2. The third-order valence-corrected chi connectivity index (χ3v) is 4.32. The van der Waals surface area contributed by atoms with Crippen molar-refractivity contribution >= 4 is 23.7 Å². The van der Waals surface area contributed by atoms with Crippen LogP contribution >= 0.6 is 0 Å². The summed E-state index contributed by atoms with van der Waals surface area (Å²) >= 11 is 0. The lowest BCUT2D eigenvalue weighted by Crippen LogP contribution is -2.56. The quantitative estimate of drug-likeness (QED) is 0.463. The van der Waals surface area contributed by atoms with E-state index in [9.17, 15) is 19.2 Å². The van der Waals surface area contributed by atoms with E-state index in [0.717, 1.165) is 0 Å². The van der Waals surface area contributed by atoms with Crippen LogP contribution in [0.3, 0.4) is 0 Å². The average molecular weight is 356 g/mol. The highest BCUT2D eigenvalue weighted by Gasteiger charge is 2.36. The summed E-state index contributed by atoms with van der Waals surface area (Å²) in [6, 6.07) is -3.32. The van der Waals surface area contributed by atoms with Crippen LogP contribution in [-0.2, 0) is 19.2 Å². The van der Waals surface area contributed by atoms with Crippen LogP contribution in [0.25, 0.3) is 0 Å². The fraction of sp³-hybridized carbons (Fsp3) is 0.750. The molecule has 0 aromatic rings. The Bertz CT molecular complexity index is 537. The molecule has 9 nitrogen and oxygen atoms in total. The van der Waals surface area contributed by atoms with E-state index in [0.29, 0.717) is 19.4 Å². The van der Waals surface area contributed by atoms with Gasteiger partial charge in [-0.25, -0.2) is 4.79 Å². The highest BCUT2D eigenvalue weighted by molar-refractivity contribution is 5.93. The molecule has 5 N–H and O–H groups in total. The van der Waals surface area contributed by atoms with E-state index in [-0.39, 0.29) is 5.92 Å². The summed E-state index contributed by atoms with van der Waals surface area (Å²) in [5.74, 6) is -2.54. The molecule has 25 heavy (non-hydrogen) atoms. The molecule has 3 amide bonds. The van der Waals surface area contributed by atoms with Gasteiger partial charge < -0.3 is 26.4 Å². The van der Waals surface area contributed by atoms with Gasteiger partial charge >= 0.3 is 5.97 Å². The maximum absolute atomic E-state index is 12.4. The monoisotopic (exact) mass is 356 g/mol. The normalized spacial score (nSPS) is 20.7. The second-order valence-electron chi connectivity index (χ2n) is 6.76. The molecule has 142 valence electrons. The van der Waals surface area contributed by atoms with Gasteiger partial charge in [0.05, 0.1) is 6.04 Å².